The number of ether oxygens (including phenoxy) is 1. The maximum Gasteiger partial charge on any atom is 0.317 e. The maximum absolute atomic E-state index is 12.0. The van der Waals surface area contributed by atoms with E-state index in [0.717, 1.165) is 25.2 Å². The molecule has 0 atom stereocenters. The van der Waals surface area contributed by atoms with Gasteiger partial charge in [-0.05, 0) is 24.6 Å². The van der Waals surface area contributed by atoms with Crippen molar-refractivity contribution < 1.29 is 9.53 Å². The van der Waals surface area contributed by atoms with Crippen LogP contribution in [0.15, 0.2) is 18.2 Å². The summed E-state index contributed by atoms with van der Waals surface area (Å²) < 4.78 is 4.96. The van der Waals surface area contributed by atoms with Crippen LogP contribution >= 0.6 is 23.2 Å². The van der Waals surface area contributed by atoms with Crippen molar-refractivity contribution >= 4 is 34.9 Å². The fourth-order valence-electron chi connectivity index (χ4n) is 2.37. The summed E-state index contributed by atoms with van der Waals surface area (Å²) in [6.07, 6.45) is 0.825. The van der Waals surface area contributed by atoms with Gasteiger partial charge in [0.05, 0.1) is 10.0 Å². The minimum Gasteiger partial charge on any atom is -0.385 e. The number of amides is 2. The molecule has 0 aromatic heterocycles. The fourth-order valence-corrected chi connectivity index (χ4v) is 2.67. The third kappa shape index (κ3) is 4.66. The minimum absolute atomic E-state index is 0.00936. The van der Waals surface area contributed by atoms with Crippen molar-refractivity contribution in [2.45, 2.75) is 6.42 Å². The second-order valence-corrected chi connectivity index (χ2v) is 5.97. The molecule has 0 radical (unpaired) electrons. The van der Waals surface area contributed by atoms with E-state index in [2.05, 4.69) is 10.2 Å². The van der Waals surface area contributed by atoms with Crippen LogP contribution in [-0.4, -0.2) is 57.4 Å². The summed E-state index contributed by atoms with van der Waals surface area (Å²) in [6.45, 7) is 4.24. The van der Waals surface area contributed by atoms with Gasteiger partial charge in [0, 0.05) is 52.1 Å². The van der Waals surface area contributed by atoms with Gasteiger partial charge in [-0.3, -0.25) is 0 Å². The number of hydrogen-bond acceptors (Lipinski definition) is 3. The lowest BCUT2D eigenvalue weighted by Crippen LogP contribution is -2.52. The monoisotopic (exact) mass is 345 g/mol. The molecule has 1 saturated heterocycles. The van der Waals surface area contributed by atoms with Crippen molar-refractivity contribution in [1.82, 2.24) is 10.2 Å². The number of piperazine rings is 1. The molecule has 1 aromatic carbocycles. The average Bonchev–Trinajstić information content (AvgIpc) is 2.54. The largest absolute Gasteiger partial charge is 0.385 e. The smallest absolute Gasteiger partial charge is 0.317 e. The molecule has 5 nitrogen and oxygen atoms in total. The molecular weight excluding hydrogens is 325 g/mol. The molecule has 0 aliphatic carbocycles. The highest BCUT2D eigenvalue weighted by Crippen LogP contribution is 2.27. The lowest BCUT2D eigenvalue weighted by molar-refractivity contribution is 0.183. The summed E-state index contributed by atoms with van der Waals surface area (Å²) >= 11 is 12.0. The van der Waals surface area contributed by atoms with E-state index >= 15 is 0 Å². The molecule has 1 heterocycles. The Hall–Kier alpha value is -1.17. The van der Waals surface area contributed by atoms with Gasteiger partial charge < -0.3 is 19.9 Å². The van der Waals surface area contributed by atoms with Gasteiger partial charge in [0.2, 0.25) is 0 Å². The van der Waals surface area contributed by atoms with Crippen LogP contribution in [0.3, 0.4) is 0 Å². The molecule has 0 bridgehead atoms. The number of benzene rings is 1. The number of rotatable bonds is 5. The third-order valence-corrected chi connectivity index (χ3v) is 4.38. The molecule has 1 N–H and O–H groups in total. The van der Waals surface area contributed by atoms with Crippen molar-refractivity contribution in [3.63, 3.8) is 0 Å². The van der Waals surface area contributed by atoms with E-state index in [4.69, 9.17) is 27.9 Å². The Morgan fingerprint density at radius 1 is 1.23 bits per heavy atom. The number of anilines is 1. The fraction of sp³-hybridized carbons (Fsp3) is 0.533. The van der Waals surface area contributed by atoms with Crippen molar-refractivity contribution in [1.29, 1.82) is 0 Å². The van der Waals surface area contributed by atoms with Crippen LogP contribution in [0.2, 0.25) is 10.0 Å². The normalized spacial score (nSPS) is 15.0. The predicted octanol–water partition coefficient (Wildman–Crippen LogP) is 2.86. The SMILES string of the molecule is COCCCNC(=O)N1CCN(c2ccc(Cl)c(Cl)c2)CC1. The van der Waals surface area contributed by atoms with E-state index in [0.29, 0.717) is 36.3 Å². The number of nitrogens with one attached hydrogen (secondary N) is 1. The zero-order valence-corrected chi connectivity index (χ0v) is 14.2. The van der Waals surface area contributed by atoms with Crippen molar-refractivity contribution in [2.24, 2.45) is 0 Å². The van der Waals surface area contributed by atoms with Crippen molar-refractivity contribution in [3.8, 4) is 0 Å². The molecular formula is C15H21Cl2N3O2. The zero-order chi connectivity index (χ0) is 15.9. The molecule has 122 valence electrons. The number of urea groups is 1. The first-order chi connectivity index (χ1) is 10.6. The van der Waals surface area contributed by atoms with Crippen LogP contribution in [-0.2, 0) is 4.74 Å². The van der Waals surface area contributed by atoms with Gasteiger partial charge in [0.15, 0.2) is 0 Å². The van der Waals surface area contributed by atoms with Crippen LogP contribution in [0.25, 0.3) is 0 Å². The molecule has 7 heteroatoms. The number of halogens is 2. The number of nitrogens with zero attached hydrogens (tertiary/aromatic N) is 2. The van der Waals surface area contributed by atoms with E-state index in [-0.39, 0.29) is 6.03 Å². The van der Waals surface area contributed by atoms with Crippen molar-refractivity contribution in [3.05, 3.63) is 28.2 Å². The van der Waals surface area contributed by atoms with Crippen LogP contribution in [0, 0.1) is 0 Å². The van der Waals surface area contributed by atoms with Gasteiger partial charge in [0.1, 0.15) is 0 Å². The molecule has 0 unspecified atom stereocenters. The molecule has 2 amide bonds. The second-order valence-electron chi connectivity index (χ2n) is 5.15. The third-order valence-electron chi connectivity index (χ3n) is 3.64. The van der Waals surface area contributed by atoms with E-state index in [1.54, 1.807) is 13.2 Å². The summed E-state index contributed by atoms with van der Waals surface area (Å²) in [4.78, 5) is 16.1. The zero-order valence-electron chi connectivity index (χ0n) is 12.6. The van der Waals surface area contributed by atoms with Gasteiger partial charge >= 0.3 is 6.03 Å². The van der Waals surface area contributed by atoms with E-state index in [1.807, 2.05) is 17.0 Å². The Labute approximate surface area is 141 Å². The molecule has 1 aliphatic rings. The van der Waals surface area contributed by atoms with Crippen LogP contribution in [0.4, 0.5) is 10.5 Å². The number of methoxy groups -OCH3 is 1. The van der Waals surface area contributed by atoms with Gasteiger partial charge in [-0.2, -0.15) is 0 Å². The summed E-state index contributed by atoms with van der Waals surface area (Å²) in [7, 11) is 1.66. The highest BCUT2D eigenvalue weighted by Gasteiger charge is 2.21. The molecule has 1 aliphatic heterocycles. The summed E-state index contributed by atoms with van der Waals surface area (Å²) in [5, 5.41) is 4.02. The van der Waals surface area contributed by atoms with E-state index < -0.39 is 0 Å². The average molecular weight is 346 g/mol. The summed E-state index contributed by atoms with van der Waals surface area (Å²) in [5.74, 6) is 0. The first kappa shape index (κ1) is 17.2. The van der Waals surface area contributed by atoms with Gasteiger partial charge in [-0.15, -0.1) is 0 Å². The highest BCUT2D eigenvalue weighted by atomic mass is 35.5. The standard InChI is InChI=1S/C15H21Cl2N3O2/c1-22-10-2-5-18-15(21)20-8-6-19(7-9-20)12-3-4-13(16)14(17)11-12/h3-4,11H,2,5-10H2,1H3,(H,18,21). The highest BCUT2D eigenvalue weighted by molar-refractivity contribution is 6.42. The molecule has 1 aromatic rings. The Bertz CT molecular complexity index is 506. The summed E-state index contributed by atoms with van der Waals surface area (Å²) in [6, 6.07) is 5.61. The molecule has 0 spiro atoms. The molecule has 2 rings (SSSR count). The lowest BCUT2D eigenvalue weighted by Gasteiger charge is -2.36. The topological polar surface area (TPSA) is 44.8 Å². The Balaban J connectivity index is 1.79. The Kier molecular flexibility index (Phi) is 6.61. The predicted molar refractivity (Wildman–Crippen MR) is 90.1 cm³/mol. The van der Waals surface area contributed by atoms with E-state index in [1.165, 1.54) is 0 Å². The number of carbonyl (C=O) groups excluding carboxylic acids is 1. The van der Waals surface area contributed by atoms with Crippen LogP contribution < -0.4 is 10.2 Å². The first-order valence-electron chi connectivity index (χ1n) is 7.33. The molecule has 22 heavy (non-hydrogen) atoms. The lowest BCUT2D eigenvalue weighted by atomic mass is 10.2. The van der Waals surface area contributed by atoms with Crippen molar-refractivity contribution in [2.75, 3.05) is 51.3 Å². The first-order valence-corrected chi connectivity index (χ1v) is 8.09. The Morgan fingerprint density at radius 2 is 1.95 bits per heavy atom. The summed E-state index contributed by atoms with van der Waals surface area (Å²) in [5.41, 5.74) is 1.04. The molecule has 0 saturated carbocycles. The maximum atomic E-state index is 12.0. The molecule has 1 fully saturated rings. The Morgan fingerprint density at radius 3 is 2.59 bits per heavy atom. The minimum atomic E-state index is -0.00936. The number of hydrogen-bond donors (Lipinski definition) is 1. The quantitative estimate of drug-likeness (QED) is 0.834. The second kappa shape index (κ2) is 8.46. The van der Waals surface area contributed by atoms with Gasteiger partial charge in [0.25, 0.3) is 0 Å². The van der Waals surface area contributed by atoms with Crippen LogP contribution in [0.5, 0.6) is 0 Å². The van der Waals surface area contributed by atoms with Gasteiger partial charge in [-0.25, -0.2) is 4.79 Å². The van der Waals surface area contributed by atoms with Gasteiger partial charge in [-0.1, -0.05) is 23.2 Å². The number of carbonyl (C=O) groups is 1. The van der Waals surface area contributed by atoms with E-state index in [9.17, 15) is 4.79 Å². The van der Waals surface area contributed by atoms with Crippen LogP contribution in [0.1, 0.15) is 6.42 Å².